The molecule has 0 fully saturated rings. The molecule has 0 aliphatic carbocycles. The van der Waals surface area contributed by atoms with Gasteiger partial charge in [-0.25, -0.2) is 4.39 Å². The topological polar surface area (TPSA) is 38.7 Å². The van der Waals surface area contributed by atoms with Crippen LogP contribution >= 0.6 is 0 Å². The van der Waals surface area contributed by atoms with Crippen molar-refractivity contribution < 1.29 is 19.0 Å². The lowest BCUT2D eigenvalue weighted by Gasteiger charge is -2.09. The number of hydrogen-bond acceptors (Lipinski definition) is 3. The quantitative estimate of drug-likeness (QED) is 0.864. The average Bonchev–Trinajstić information content (AvgIpc) is 2.48. The van der Waals surface area contributed by atoms with Gasteiger partial charge in [-0.05, 0) is 23.8 Å². The third-order valence-corrected chi connectivity index (χ3v) is 2.86. The summed E-state index contributed by atoms with van der Waals surface area (Å²) in [6.45, 7) is 0. The van der Waals surface area contributed by atoms with Gasteiger partial charge in [-0.3, -0.25) is 0 Å². The standard InChI is InChI=1S/C16H15FO3/c1-19-14-9-12(16(18)15(10-14)20-2)6-3-11-4-7-13(17)8-5-11/h3-10,18H,1-2H3. The summed E-state index contributed by atoms with van der Waals surface area (Å²) >= 11 is 0. The predicted octanol–water partition coefficient (Wildman–Crippen LogP) is 3.72. The van der Waals surface area contributed by atoms with Crippen molar-refractivity contribution in [1.29, 1.82) is 0 Å². The number of aromatic hydroxyl groups is 1. The van der Waals surface area contributed by atoms with Crippen LogP contribution in [0.1, 0.15) is 11.1 Å². The molecule has 2 aromatic rings. The first kappa shape index (κ1) is 13.9. The highest BCUT2D eigenvalue weighted by Gasteiger charge is 2.08. The molecule has 20 heavy (non-hydrogen) atoms. The second-order valence-electron chi connectivity index (χ2n) is 4.15. The molecule has 0 aromatic heterocycles. The van der Waals surface area contributed by atoms with E-state index in [1.807, 2.05) is 0 Å². The molecule has 4 heteroatoms. The second-order valence-corrected chi connectivity index (χ2v) is 4.15. The number of phenols is 1. The minimum Gasteiger partial charge on any atom is -0.504 e. The van der Waals surface area contributed by atoms with E-state index >= 15 is 0 Å². The zero-order valence-electron chi connectivity index (χ0n) is 11.3. The van der Waals surface area contributed by atoms with Gasteiger partial charge in [0.05, 0.1) is 14.2 Å². The van der Waals surface area contributed by atoms with E-state index < -0.39 is 0 Å². The van der Waals surface area contributed by atoms with Crippen molar-refractivity contribution in [2.75, 3.05) is 14.2 Å². The third kappa shape index (κ3) is 3.09. The molecule has 0 bridgehead atoms. The van der Waals surface area contributed by atoms with Crippen LogP contribution in [0, 0.1) is 5.82 Å². The summed E-state index contributed by atoms with van der Waals surface area (Å²) in [6.07, 6.45) is 3.49. The summed E-state index contributed by atoms with van der Waals surface area (Å²) < 4.78 is 23.0. The number of phenolic OH excluding ortho intramolecular Hbond substituents is 1. The Morgan fingerprint density at radius 3 is 2.30 bits per heavy atom. The van der Waals surface area contributed by atoms with Gasteiger partial charge in [-0.1, -0.05) is 24.3 Å². The van der Waals surface area contributed by atoms with Crippen molar-refractivity contribution >= 4 is 12.2 Å². The molecule has 0 saturated heterocycles. The molecular weight excluding hydrogens is 259 g/mol. The Bertz CT molecular complexity index is 618. The van der Waals surface area contributed by atoms with Crippen molar-refractivity contribution in [2.45, 2.75) is 0 Å². The lowest BCUT2D eigenvalue weighted by molar-refractivity contribution is 0.363. The number of benzene rings is 2. The van der Waals surface area contributed by atoms with Crippen LogP contribution in [0.25, 0.3) is 12.2 Å². The van der Waals surface area contributed by atoms with E-state index in [0.29, 0.717) is 17.1 Å². The Balaban J connectivity index is 2.34. The molecule has 1 N–H and O–H groups in total. The summed E-state index contributed by atoms with van der Waals surface area (Å²) in [4.78, 5) is 0. The van der Waals surface area contributed by atoms with Crippen LogP contribution in [0.15, 0.2) is 36.4 Å². The Morgan fingerprint density at radius 1 is 1.00 bits per heavy atom. The molecule has 104 valence electrons. The van der Waals surface area contributed by atoms with Gasteiger partial charge in [-0.2, -0.15) is 0 Å². The Labute approximate surface area is 116 Å². The van der Waals surface area contributed by atoms with Crippen LogP contribution in [0.2, 0.25) is 0 Å². The monoisotopic (exact) mass is 274 g/mol. The van der Waals surface area contributed by atoms with E-state index in [2.05, 4.69) is 0 Å². The molecule has 0 heterocycles. The zero-order chi connectivity index (χ0) is 14.5. The number of hydrogen-bond donors (Lipinski definition) is 1. The lowest BCUT2D eigenvalue weighted by Crippen LogP contribution is -1.89. The largest absolute Gasteiger partial charge is 0.504 e. The Hall–Kier alpha value is -2.49. The maximum Gasteiger partial charge on any atom is 0.165 e. The smallest absolute Gasteiger partial charge is 0.165 e. The van der Waals surface area contributed by atoms with Crippen LogP contribution in [0.4, 0.5) is 4.39 Å². The summed E-state index contributed by atoms with van der Waals surface area (Å²) in [5, 5.41) is 10.0. The van der Waals surface area contributed by atoms with Crippen LogP contribution in [-0.2, 0) is 0 Å². The molecule has 0 saturated carbocycles. The molecule has 0 amide bonds. The highest BCUT2D eigenvalue weighted by Crippen LogP contribution is 2.35. The van der Waals surface area contributed by atoms with Crippen molar-refractivity contribution in [3.8, 4) is 17.2 Å². The minimum absolute atomic E-state index is 0.0339. The molecular formula is C16H15FO3. The Morgan fingerprint density at radius 2 is 1.70 bits per heavy atom. The number of methoxy groups -OCH3 is 2. The average molecular weight is 274 g/mol. The third-order valence-electron chi connectivity index (χ3n) is 2.86. The maximum absolute atomic E-state index is 12.8. The van der Waals surface area contributed by atoms with E-state index in [1.165, 1.54) is 19.2 Å². The van der Waals surface area contributed by atoms with Crippen molar-refractivity contribution in [2.24, 2.45) is 0 Å². The van der Waals surface area contributed by atoms with Crippen molar-refractivity contribution in [3.05, 3.63) is 53.3 Å². The lowest BCUT2D eigenvalue weighted by atomic mass is 10.1. The van der Waals surface area contributed by atoms with E-state index in [0.717, 1.165) is 5.56 Å². The van der Waals surface area contributed by atoms with E-state index in [-0.39, 0.29) is 11.6 Å². The van der Waals surface area contributed by atoms with Gasteiger partial charge >= 0.3 is 0 Å². The van der Waals surface area contributed by atoms with Gasteiger partial charge in [0.1, 0.15) is 11.6 Å². The normalized spacial score (nSPS) is 10.8. The van der Waals surface area contributed by atoms with Gasteiger partial charge < -0.3 is 14.6 Å². The highest BCUT2D eigenvalue weighted by atomic mass is 19.1. The Kier molecular flexibility index (Phi) is 4.25. The molecule has 0 atom stereocenters. The molecule has 2 rings (SSSR count). The fourth-order valence-corrected chi connectivity index (χ4v) is 1.76. The summed E-state index contributed by atoms with van der Waals surface area (Å²) in [5.41, 5.74) is 1.39. The van der Waals surface area contributed by atoms with Gasteiger partial charge in [-0.15, -0.1) is 0 Å². The molecule has 2 aromatic carbocycles. The summed E-state index contributed by atoms with van der Waals surface area (Å²) in [5.74, 6) is 0.668. The van der Waals surface area contributed by atoms with Crippen molar-refractivity contribution in [3.63, 3.8) is 0 Å². The zero-order valence-corrected chi connectivity index (χ0v) is 11.3. The number of rotatable bonds is 4. The van der Waals surface area contributed by atoms with Crippen LogP contribution in [-0.4, -0.2) is 19.3 Å². The first-order valence-electron chi connectivity index (χ1n) is 6.02. The fourth-order valence-electron chi connectivity index (χ4n) is 1.76. The predicted molar refractivity (Wildman–Crippen MR) is 76.5 cm³/mol. The highest BCUT2D eigenvalue weighted by molar-refractivity contribution is 5.75. The summed E-state index contributed by atoms with van der Waals surface area (Å²) in [7, 11) is 3.02. The van der Waals surface area contributed by atoms with E-state index in [4.69, 9.17) is 9.47 Å². The minimum atomic E-state index is -0.284. The molecule has 0 aliphatic rings. The van der Waals surface area contributed by atoms with Gasteiger partial charge in [0.25, 0.3) is 0 Å². The number of ether oxygens (including phenoxy) is 2. The van der Waals surface area contributed by atoms with Crippen LogP contribution in [0.5, 0.6) is 17.2 Å². The molecule has 0 unspecified atom stereocenters. The molecule has 0 aliphatic heterocycles. The molecule has 0 spiro atoms. The summed E-state index contributed by atoms with van der Waals surface area (Å²) in [6, 6.07) is 9.36. The molecule has 3 nitrogen and oxygen atoms in total. The first-order chi connectivity index (χ1) is 9.63. The SMILES string of the molecule is COc1cc(C=Cc2ccc(F)cc2)c(O)c(OC)c1. The first-order valence-corrected chi connectivity index (χ1v) is 6.02. The van der Waals surface area contributed by atoms with E-state index in [9.17, 15) is 9.50 Å². The second kappa shape index (κ2) is 6.10. The van der Waals surface area contributed by atoms with Crippen LogP contribution < -0.4 is 9.47 Å². The van der Waals surface area contributed by atoms with Gasteiger partial charge in [0.15, 0.2) is 11.5 Å². The fraction of sp³-hybridized carbons (Fsp3) is 0.125. The number of halogens is 1. The van der Waals surface area contributed by atoms with E-state index in [1.54, 1.807) is 43.5 Å². The van der Waals surface area contributed by atoms with Gasteiger partial charge in [0.2, 0.25) is 0 Å². The van der Waals surface area contributed by atoms with Gasteiger partial charge in [0, 0.05) is 11.6 Å². The maximum atomic E-state index is 12.8. The van der Waals surface area contributed by atoms with Crippen LogP contribution in [0.3, 0.4) is 0 Å². The van der Waals surface area contributed by atoms with Crippen molar-refractivity contribution in [1.82, 2.24) is 0 Å². The molecule has 0 radical (unpaired) electrons.